The fourth-order valence-corrected chi connectivity index (χ4v) is 6.29. The minimum absolute atomic E-state index is 0.823. The van der Waals surface area contributed by atoms with Crippen LogP contribution in [0.3, 0.4) is 0 Å². The van der Waals surface area contributed by atoms with Crippen molar-refractivity contribution in [3.63, 3.8) is 0 Å². The van der Waals surface area contributed by atoms with Crippen LogP contribution in [-0.4, -0.2) is 14.1 Å². The highest BCUT2D eigenvalue weighted by molar-refractivity contribution is 7.26. The SMILES string of the molecule is c1ccc(-n2c(-n3c4ccccc4c4c5sc6ccccc6c5oc43)nc3ccccc32)cc1. The molecular weight excluding hydrogens is 438 g/mol. The van der Waals surface area contributed by atoms with E-state index in [2.05, 4.69) is 100 Å². The summed E-state index contributed by atoms with van der Waals surface area (Å²) in [6, 6.07) is 35.7. The van der Waals surface area contributed by atoms with Crippen LogP contribution in [0.1, 0.15) is 0 Å². The average Bonchev–Trinajstić information content (AvgIpc) is 3.61. The van der Waals surface area contributed by atoms with Crippen LogP contribution >= 0.6 is 11.3 Å². The summed E-state index contributed by atoms with van der Waals surface area (Å²) in [6.07, 6.45) is 0. The van der Waals surface area contributed by atoms with E-state index in [1.165, 1.54) is 14.8 Å². The molecule has 0 radical (unpaired) electrons. The summed E-state index contributed by atoms with van der Waals surface area (Å²) in [7, 11) is 0. The van der Waals surface area contributed by atoms with Gasteiger partial charge in [0, 0.05) is 21.2 Å². The molecule has 0 aliphatic rings. The zero-order chi connectivity index (χ0) is 22.2. The normalized spacial score (nSPS) is 12.1. The molecule has 0 saturated carbocycles. The third-order valence-corrected chi connectivity index (χ3v) is 7.73. The first kappa shape index (κ1) is 18.1. The Morgan fingerprint density at radius 3 is 2.24 bits per heavy atom. The molecule has 0 atom stereocenters. The molecule has 160 valence electrons. The largest absolute Gasteiger partial charge is 0.437 e. The molecule has 0 bridgehead atoms. The van der Waals surface area contributed by atoms with Gasteiger partial charge < -0.3 is 4.42 Å². The van der Waals surface area contributed by atoms with Crippen LogP contribution in [0, 0.1) is 0 Å². The van der Waals surface area contributed by atoms with Gasteiger partial charge in [-0.1, -0.05) is 60.7 Å². The number of benzene rings is 4. The molecule has 0 fully saturated rings. The molecule has 0 aliphatic heterocycles. The maximum atomic E-state index is 6.68. The standard InChI is InChI=1S/C29H17N3OS/c1-2-10-18(11-3-1)31-23-16-8-6-14-21(23)30-29(31)32-22-15-7-4-12-19(22)25-27-26(33-28(25)32)20-13-5-9-17-24(20)34-27/h1-17H. The number of aromatic nitrogens is 3. The van der Waals surface area contributed by atoms with Gasteiger partial charge >= 0.3 is 0 Å². The summed E-state index contributed by atoms with van der Waals surface area (Å²) < 4.78 is 13.5. The first-order valence-electron chi connectivity index (χ1n) is 11.2. The lowest BCUT2D eigenvalue weighted by Crippen LogP contribution is -2.05. The minimum Gasteiger partial charge on any atom is -0.437 e. The Hall–Kier alpha value is -4.35. The van der Waals surface area contributed by atoms with E-state index in [9.17, 15) is 0 Å². The van der Waals surface area contributed by atoms with Crippen LogP contribution in [0.5, 0.6) is 0 Å². The van der Waals surface area contributed by atoms with Crippen LogP contribution in [0.15, 0.2) is 108 Å². The maximum absolute atomic E-state index is 6.68. The molecule has 8 rings (SSSR count). The maximum Gasteiger partial charge on any atom is 0.222 e. The highest BCUT2D eigenvalue weighted by Crippen LogP contribution is 2.45. The van der Waals surface area contributed by atoms with Crippen molar-refractivity contribution in [2.45, 2.75) is 0 Å². The molecule has 5 heteroatoms. The minimum atomic E-state index is 0.823. The highest BCUT2D eigenvalue weighted by Gasteiger charge is 2.25. The molecule has 34 heavy (non-hydrogen) atoms. The van der Waals surface area contributed by atoms with Crippen molar-refractivity contribution >= 4 is 64.7 Å². The van der Waals surface area contributed by atoms with Crippen LogP contribution in [0.4, 0.5) is 0 Å². The highest BCUT2D eigenvalue weighted by atomic mass is 32.1. The van der Waals surface area contributed by atoms with Gasteiger partial charge in [-0.3, -0.25) is 4.57 Å². The Kier molecular flexibility index (Phi) is 3.51. The van der Waals surface area contributed by atoms with E-state index < -0.39 is 0 Å². The van der Waals surface area contributed by atoms with Gasteiger partial charge in [-0.15, -0.1) is 11.3 Å². The number of fused-ring (bicyclic) bond motifs is 8. The molecule has 0 amide bonds. The molecular formula is C29H17N3OS. The van der Waals surface area contributed by atoms with Crippen molar-refractivity contribution in [3.8, 4) is 11.6 Å². The van der Waals surface area contributed by atoms with E-state index in [-0.39, 0.29) is 0 Å². The van der Waals surface area contributed by atoms with Gasteiger partial charge in [0.1, 0.15) is 0 Å². The Bertz CT molecular complexity index is 2020. The molecule has 4 aromatic heterocycles. The van der Waals surface area contributed by atoms with Gasteiger partial charge in [-0.05, 0) is 42.5 Å². The lowest BCUT2D eigenvalue weighted by molar-refractivity contribution is 0.644. The molecule has 0 N–H and O–H groups in total. The Labute approximate surface area is 197 Å². The van der Waals surface area contributed by atoms with Crippen molar-refractivity contribution in [2.24, 2.45) is 0 Å². The van der Waals surface area contributed by atoms with E-state index in [1.807, 2.05) is 12.1 Å². The average molecular weight is 456 g/mol. The topological polar surface area (TPSA) is 35.9 Å². The lowest BCUT2D eigenvalue weighted by atomic mass is 10.2. The van der Waals surface area contributed by atoms with Crippen molar-refractivity contribution in [1.82, 2.24) is 14.1 Å². The fourth-order valence-electron chi connectivity index (χ4n) is 5.11. The van der Waals surface area contributed by atoms with Crippen molar-refractivity contribution in [3.05, 3.63) is 103 Å². The molecule has 0 aliphatic carbocycles. The van der Waals surface area contributed by atoms with E-state index >= 15 is 0 Å². The number of hydrogen-bond donors (Lipinski definition) is 0. The summed E-state index contributed by atoms with van der Waals surface area (Å²) >= 11 is 1.79. The number of furan rings is 1. The zero-order valence-electron chi connectivity index (χ0n) is 18.0. The molecule has 0 unspecified atom stereocenters. The first-order valence-corrected chi connectivity index (χ1v) is 12.1. The Morgan fingerprint density at radius 1 is 0.647 bits per heavy atom. The Morgan fingerprint density at radius 2 is 1.35 bits per heavy atom. The van der Waals surface area contributed by atoms with Crippen molar-refractivity contribution in [2.75, 3.05) is 0 Å². The third-order valence-electron chi connectivity index (χ3n) is 6.56. The second-order valence-corrected chi connectivity index (χ2v) is 9.51. The number of hydrogen-bond acceptors (Lipinski definition) is 3. The fraction of sp³-hybridized carbons (Fsp3) is 0. The van der Waals surface area contributed by atoms with Gasteiger partial charge in [0.05, 0.1) is 26.6 Å². The van der Waals surface area contributed by atoms with Gasteiger partial charge in [0.25, 0.3) is 0 Å². The van der Waals surface area contributed by atoms with Gasteiger partial charge in [-0.2, -0.15) is 0 Å². The lowest BCUT2D eigenvalue weighted by Gasteiger charge is -2.11. The predicted molar refractivity (Wildman–Crippen MR) is 141 cm³/mol. The van der Waals surface area contributed by atoms with Crippen LogP contribution in [-0.2, 0) is 0 Å². The van der Waals surface area contributed by atoms with Crippen molar-refractivity contribution < 1.29 is 4.42 Å². The number of imidazole rings is 1. The summed E-state index contributed by atoms with van der Waals surface area (Å²) in [5, 5.41) is 3.49. The van der Waals surface area contributed by atoms with Gasteiger partial charge in [0.15, 0.2) is 5.58 Å². The number of thiophene rings is 1. The van der Waals surface area contributed by atoms with E-state index in [1.54, 1.807) is 11.3 Å². The van der Waals surface area contributed by atoms with Crippen molar-refractivity contribution in [1.29, 1.82) is 0 Å². The molecule has 4 aromatic carbocycles. The molecule has 4 heterocycles. The molecule has 4 nitrogen and oxygen atoms in total. The second kappa shape index (κ2) is 6.59. The predicted octanol–water partition coefficient (Wildman–Crippen LogP) is 8.08. The summed E-state index contributed by atoms with van der Waals surface area (Å²) in [4.78, 5) is 5.12. The quantitative estimate of drug-likeness (QED) is 0.264. The number of rotatable bonds is 2. The molecule has 8 aromatic rings. The van der Waals surface area contributed by atoms with Gasteiger partial charge in [-0.25, -0.2) is 9.55 Å². The van der Waals surface area contributed by atoms with E-state index in [0.717, 1.165) is 50.3 Å². The monoisotopic (exact) mass is 455 g/mol. The summed E-state index contributed by atoms with van der Waals surface area (Å²) in [5.41, 5.74) is 5.95. The van der Waals surface area contributed by atoms with Crippen LogP contribution < -0.4 is 0 Å². The summed E-state index contributed by atoms with van der Waals surface area (Å²) in [6.45, 7) is 0. The second-order valence-electron chi connectivity index (χ2n) is 8.46. The third kappa shape index (κ3) is 2.29. The number of nitrogens with zero attached hydrogens (tertiary/aromatic N) is 3. The van der Waals surface area contributed by atoms with Gasteiger partial charge in [0.2, 0.25) is 11.7 Å². The first-order chi connectivity index (χ1) is 16.9. The van der Waals surface area contributed by atoms with E-state index in [4.69, 9.17) is 9.40 Å². The van der Waals surface area contributed by atoms with E-state index in [0.29, 0.717) is 0 Å². The smallest absolute Gasteiger partial charge is 0.222 e. The van der Waals surface area contributed by atoms with Crippen LogP contribution in [0.25, 0.3) is 65.0 Å². The summed E-state index contributed by atoms with van der Waals surface area (Å²) in [5.74, 6) is 0.823. The number of para-hydroxylation sites is 4. The molecule has 0 saturated heterocycles. The Balaban J connectivity index is 1.58. The van der Waals surface area contributed by atoms with Crippen LogP contribution in [0.2, 0.25) is 0 Å². The molecule has 0 spiro atoms. The zero-order valence-corrected chi connectivity index (χ0v) is 18.8.